The van der Waals surface area contributed by atoms with Gasteiger partial charge in [0.2, 0.25) is 0 Å². The van der Waals surface area contributed by atoms with Crippen molar-refractivity contribution >= 4 is 17.6 Å². The Bertz CT molecular complexity index is 641. The van der Waals surface area contributed by atoms with Crippen molar-refractivity contribution in [1.29, 1.82) is 0 Å². The number of carbonyl (C=O) groups excluding carboxylic acids is 2. The van der Waals surface area contributed by atoms with Crippen LogP contribution in [-0.2, 0) is 9.53 Å². The summed E-state index contributed by atoms with van der Waals surface area (Å²) in [4.78, 5) is 24.1. The van der Waals surface area contributed by atoms with Gasteiger partial charge in [0.1, 0.15) is 0 Å². The third kappa shape index (κ3) is 3.60. The number of rotatable bonds is 4. The highest BCUT2D eigenvalue weighted by Gasteiger charge is 2.23. The predicted octanol–water partition coefficient (Wildman–Crippen LogP) is 1.91. The highest BCUT2D eigenvalue weighted by atomic mass is 16.5. The molecule has 0 aliphatic rings. The zero-order chi connectivity index (χ0) is 15.2. The Morgan fingerprint density at radius 3 is 2.43 bits per heavy atom. The van der Waals surface area contributed by atoms with Crippen LogP contribution in [0, 0.1) is 0 Å². The number of hydrogen-bond donors (Lipinski definition) is 2. The van der Waals surface area contributed by atoms with Crippen molar-refractivity contribution in [3.8, 4) is 0 Å². The average Bonchev–Trinajstić information content (AvgIpc) is 2.52. The zero-order valence-electron chi connectivity index (χ0n) is 11.6. The molecule has 1 amide bonds. The van der Waals surface area contributed by atoms with Gasteiger partial charge in [0, 0.05) is 11.3 Å². The number of methoxy groups -OCH3 is 1. The molecule has 5 heteroatoms. The van der Waals surface area contributed by atoms with Crippen molar-refractivity contribution in [3.63, 3.8) is 0 Å². The number of carbonyl (C=O) groups is 2. The van der Waals surface area contributed by atoms with E-state index in [2.05, 4.69) is 5.32 Å². The molecular formula is C16H16N2O3. The fourth-order valence-electron chi connectivity index (χ4n) is 1.94. The SMILES string of the molecule is COC(=O)C(NC(=O)c1cccc(N)c1)c1ccccc1. The number of nitrogen functional groups attached to an aromatic ring is 1. The largest absolute Gasteiger partial charge is 0.467 e. The summed E-state index contributed by atoms with van der Waals surface area (Å²) in [5.41, 5.74) is 7.18. The molecule has 1 unspecified atom stereocenters. The molecule has 2 aromatic rings. The molecule has 2 aromatic carbocycles. The molecule has 1 atom stereocenters. The van der Waals surface area contributed by atoms with Crippen LogP contribution in [0.3, 0.4) is 0 Å². The lowest BCUT2D eigenvalue weighted by molar-refractivity contribution is -0.143. The van der Waals surface area contributed by atoms with Crippen molar-refractivity contribution in [1.82, 2.24) is 5.32 Å². The summed E-state index contributed by atoms with van der Waals surface area (Å²) < 4.78 is 4.75. The van der Waals surface area contributed by atoms with Gasteiger partial charge in [0.25, 0.3) is 5.91 Å². The van der Waals surface area contributed by atoms with Gasteiger partial charge < -0.3 is 15.8 Å². The average molecular weight is 284 g/mol. The number of ether oxygens (including phenoxy) is 1. The van der Waals surface area contributed by atoms with Crippen LogP contribution in [0.2, 0.25) is 0 Å². The Morgan fingerprint density at radius 1 is 1.10 bits per heavy atom. The molecule has 5 nitrogen and oxygen atoms in total. The van der Waals surface area contributed by atoms with Crippen LogP contribution in [0.1, 0.15) is 22.0 Å². The monoisotopic (exact) mass is 284 g/mol. The number of esters is 1. The van der Waals surface area contributed by atoms with Crippen molar-refractivity contribution in [3.05, 3.63) is 65.7 Å². The van der Waals surface area contributed by atoms with E-state index in [1.807, 2.05) is 6.07 Å². The molecule has 0 saturated heterocycles. The lowest BCUT2D eigenvalue weighted by Crippen LogP contribution is -2.34. The Labute approximate surface area is 122 Å². The van der Waals surface area contributed by atoms with Crippen LogP contribution in [0.4, 0.5) is 5.69 Å². The third-order valence-electron chi connectivity index (χ3n) is 2.99. The van der Waals surface area contributed by atoms with E-state index in [9.17, 15) is 9.59 Å². The van der Waals surface area contributed by atoms with Crippen molar-refractivity contribution < 1.29 is 14.3 Å². The van der Waals surface area contributed by atoms with Crippen molar-refractivity contribution in [2.75, 3.05) is 12.8 Å². The summed E-state index contributed by atoms with van der Waals surface area (Å²) in [6.07, 6.45) is 0. The second kappa shape index (κ2) is 6.56. The number of nitrogens with one attached hydrogen (secondary N) is 1. The minimum atomic E-state index is -0.856. The van der Waals surface area contributed by atoms with Crippen LogP contribution < -0.4 is 11.1 Å². The van der Waals surface area contributed by atoms with Gasteiger partial charge in [-0.25, -0.2) is 4.79 Å². The standard InChI is InChI=1S/C16H16N2O3/c1-21-16(20)14(11-6-3-2-4-7-11)18-15(19)12-8-5-9-13(17)10-12/h2-10,14H,17H2,1H3,(H,18,19). The molecule has 0 aliphatic heterocycles. The quantitative estimate of drug-likeness (QED) is 0.664. The number of anilines is 1. The molecule has 0 fully saturated rings. The molecule has 0 bridgehead atoms. The second-order valence-corrected chi connectivity index (χ2v) is 4.47. The van der Waals surface area contributed by atoms with Gasteiger partial charge >= 0.3 is 5.97 Å². The van der Waals surface area contributed by atoms with Crippen LogP contribution in [0.25, 0.3) is 0 Å². The number of nitrogens with two attached hydrogens (primary N) is 1. The van der Waals surface area contributed by atoms with Crippen LogP contribution in [0.5, 0.6) is 0 Å². The molecule has 2 rings (SSSR count). The van der Waals surface area contributed by atoms with Gasteiger partial charge in [-0.15, -0.1) is 0 Å². The second-order valence-electron chi connectivity index (χ2n) is 4.47. The summed E-state index contributed by atoms with van der Waals surface area (Å²) in [7, 11) is 1.28. The molecule has 0 heterocycles. The molecule has 0 radical (unpaired) electrons. The van der Waals surface area contributed by atoms with Gasteiger partial charge in [-0.3, -0.25) is 4.79 Å². The Balaban J connectivity index is 2.23. The molecule has 21 heavy (non-hydrogen) atoms. The normalized spacial score (nSPS) is 11.5. The lowest BCUT2D eigenvalue weighted by atomic mass is 10.1. The minimum absolute atomic E-state index is 0.387. The highest BCUT2D eigenvalue weighted by Crippen LogP contribution is 2.16. The van der Waals surface area contributed by atoms with E-state index in [-0.39, 0.29) is 5.91 Å². The first-order chi connectivity index (χ1) is 10.1. The first kappa shape index (κ1) is 14.6. The fraction of sp³-hybridized carbons (Fsp3) is 0.125. The number of hydrogen-bond acceptors (Lipinski definition) is 4. The van der Waals surface area contributed by atoms with Gasteiger partial charge in [0.15, 0.2) is 6.04 Å². The van der Waals surface area contributed by atoms with E-state index in [1.165, 1.54) is 7.11 Å². The predicted molar refractivity (Wildman–Crippen MR) is 79.5 cm³/mol. The van der Waals surface area contributed by atoms with E-state index in [4.69, 9.17) is 10.5 Å². The first-order valence-electron chi connectivity index (χ1n) is 6.41. The lowest BCUT2D eigenvalue weighted by Gasteiger charge is -2.17. The smallest absolute Gasteiger partial charge is 0.333 e. The zero-order valence-corrected chi connectivity index (χ0v) is 11.6. The maximum atomic E-state index is 12.2. The van der Waals surface area contributed by atoms with Gasteiger partial charge in [-0.2, -0.15) is 0 Å². The molecule has 0 aromatic heterocycles. The van der Waals surface area contributed by atoms with E-state index in [1.54, 1.807) is 48.5 Å². The summed E-state index contributed by atoms with van der Waals surface area (Å²) in [5, 5.41) is 2.66. The van der Waals surface area contributed by atoms with Crippen LogP contribution in [0.15, 0.2) is 54.6 Å². The maximum absolute atomic E-state index is 12.2. The fourth-order valence-corrected chi connectivity index (χ4v) is 1.94. The van der Waals surface area contributed by atoms with E-state index in [0.717, 1.165) is 0 Å². The molecule has 0 saturated carbocycles. The first-order valence-corrected chi connectivity index (χ1v) is 6.41. The maximum Gasteiger partial charge on any atom is 0.333 e. The molecule has 0 spiro atoms. The van der Waals surface area contributed by atoms with Crippen LogP contribution >= 0.6 is 0 Å². The summed E-state index contributed by atoms with van der Waals surface area (Å²) in [6, 6.07) is 14.6. The minimum Gasteiger partial charge on any atom is -0.467 e. The third-order valence-corrected chi connectivity index (χ3v) is 2.99. The number of benzene rings is 2. The molecule has 108 valence electrons. The van der Waals surface area contributed by atoms with Gasteiger partial charge in [-0.05, 0) is 23.8 Å². The molecule has 0 aliphatic carbocycles. The van der Waals surface area contributed by atoms with Crippen molar-refractivity contribution in [2.45, 2.75) is 6.04 Å². The van der Waals surface area contributed by atoms with E-state index < -0.39 is 12.0 Å². The number of amides is 1. The highest BCUT2D eigenvalue weighted by molar-refractivity contribution is 5.97. The van der Waals surface area contributed by atoms with Crippen LogP contribution in [-0.4, -0.2) is 19.0 Å². The summed E-state index contributed by atoms with van der Waals surface area (Å²) in [5.74, 6) is -0.917. The molecule has 3 N–H and O–H groups in total. The summed E-state index contributed by atoms with van der Waals surface area (Å²) >= 11 is 0. The Hall–Kier alpha value is -2.82. The van der Waals surface area contributed by atoms with Gasteiger partial charge in [0.05, 0.1) is 7.11 Å². The Kier molecular flexibility index (Phi) is 4.56. The molecular weight excluding hydrogens is 268 g/mol. The van der Waals surface area contributed by atoms with E-state index in [0.29, 0.717) is 16.8 Å². The topological polar surface area (TPSA) is 81.4 Å². The van der Waals surface area contributed by atoms with Gasteiger partial charge in [-0.1, -0.05) is 36.4 Å². The van der Waals surface area contributed by atoms with Crippen molar-refractivity contribution in [2.24, 2.45) is 0 Å². The Morgan fingerprint density at radius 2 is 1.81 bits per heavy atom. The van der Waals surface area contributed by atoms with E-state index >= 15 is 0 Å². The summed E-state index contributed by atoms with van der Waals surface area (Å²) in [6.45, 7) is 0.